The molecule has 1 aliphatic carbocycles. The van der Waals surface area contributed by atoms with Crippen molar-refractivity contribution in [2.75, 3.05) is 0 Å². The average molecular weight is 400 g/mol. The summed E-state index contributed by atoms with van der Waals surface area (Å²) in [5.74, 6) is -0.540. The van der Waals surface area contributed by atoms with Crippen LogP contribution in [0.15, 0.2) is 38.8 Å². The number of aliphatic imine (C=N–C) groups is 1. The molecule has 4 rings (SSSR count). The van der Waals surface area contributed by atoms with E-state index in [1.165, 1.54) is 11.6 Å². The summed E-state index contributed by atoms with van der Waals surface area (Å²) in [7, 11) is 3.06. The van der Waals surface area contributed by atoms with Crippen molar-refractivity contribution in [2.24, 2.45) is 30.4 Å². The zero-order chi connectivity index (χ0) is 20.4. The molecule has 1 aromatic carbocycles. The van der Waals surface area contributed by atoms with Gasteiger partial charge in [-0.2, -0.15) is 0 Å². The first-order valence-corrected chi connectivity index (χ1v) is 9.64. The molecule has 0 amide bonds. The minimum atomic E-state index is -0.494. The Morgan fingerprint density at radius 2 is 1.64 bits per heavy atom. The number of hydrogen-bond donors (Lipinski definition) is 0. The van der Waals surface area contributed by atoms with Crippen molar-refractivity contribution < 1.29 is 4.79 Å². The first-order valence-electron chi connectivity index (χ1n) is 9.26. The standard InChI is InChI=1S/C21H22ClN3O3/c1-21(2)9-13-16(14(26)10-21)15(11-5-7-12(22)8-6-11)17-18(23-13)24(3)20(28)25(4)19(17)27/h5-8,15-16H,9-10H2,1-4H3/t15-,16+/m0/s1. The number of Topliss-reactive ketones (excluding diaryl/α,β-unsaturated/α-hetero) is 1. The Bertz CT molecular complexity index is 1140. The van der Waals surface area contributed by atoms with Crippen molar-refractivity contribution in [3.63, 3.8) is 0 Å². The number of benzene rings is 1. The second-order valence-corrected chi connectivity index (χ2v) is 8.97. The maximum absolute atomic E-state index is 13.2. The number of carbonyl (C=O) groups excluding carboxylic acids is 1. The van der Waals surface area contributed by atoms with Crippen LogP contribution in [0.2, 0.25) is 5.02 Å². The van der Waals surface area contributed by atoms with Crippen LogP contribution in [0.25, 0.3) is 0 Å². The van der Waals surface area contributed by atoms with E-state index >= 15 is 0 Å². The van der Waals surface area contributed by atoms with Gasteiger partial charge in [0.1, 0.15) is 11.6 Å². The van der Waals surface area contributed by atoms with Gasteiger partial charge in [0.25, 0.3) is 5.56 Å². The summed E-state index contributed by atoms with van der Waals surface area (Å²) in [6.07, 6.45) is 1.08. The average Bonchev–Trinajstić information content (AvgIpc) is 2.63. The van der Waals surface area contributed by atoms with Crippen LogP contribution in [0.4, 0.5) is 5.82 Å². The number of nitrogens with zero attached hydrogens (tertiary/aromatic N) is 3. The zero-order valence-corrected chi connectivity index (χ0v) is 17.1. The van der Waals surface area contributed by atoms with Crippen LogP contribution in [0.3, 0.4) is 0 Å². The number of carbonyl (C=O) groups is 1. The first kappa shape index (κ1) is 18.9. The van der Waals surface area contributed by atoms with Gasteiger partial charge in [0.05, 0.1) is 11.5 Å². The van der Waals surface area contributed by atoms with E-state index in [0.717, 1.165) is 15.8 Å². The molecule has 146 valence electrons. The molecule has 7 heteroatoms. The molecular weight excluding hydrogens is 378 g/mol. The molecule has 2 aliphatic rings. The van der Waals surface area contributed by atoms with Crippen LogP contribution < -0.4 is 11.2 Å². The Morgan fingerprint density at radius 1 is 1.00 bits per heavy atom. The molecule has 0 radical (unpaired) electrons. The highest BCUT2D eigenvalue weighted by molar-refractivity contribution is 6.30. The molecule has 1 aliphatic heterocycles. The first-order chi connectivity index (χ1) is 13.1. The van der Waals surface area contributed by atoms with Crippen molar-refractivity contribution >= 4 is 28.9 Å². The van der Waals surface area contributed by atoms with Crippen molar-refractivity contribution in [1.29, 1.82) is 0 Å². The monoisotopic (exact) mass is 399 g/mol. The van der Waals surface area contributed by atoms with Gasteiger partial charge in [-0.25, -0.2) is 9.79 Å². The fourth-order valence-corrected chi connectivity index (χ4v) is 4.64. The number of fused-ring (bicyclic) bond motifs is 2. The van der Waals surface area contributed by atoms with Crippen LogP contribution in [0, 0.1) is 11.3 Å². The van der Waals surface area contributed by atoms with Gasteiger partial charge in [0.15, 0.2) is 0 Å². The van der Waals surface area contributed by atoms with E-state index in [1.54, 1.807) is 19.2 Å². The van der Waals surface area contributed by atoms with Crippen LogP contribution in [-0.4, -0.2) is 20.6 Å². The molecule has 1 aromatic heterocycles. The van der Waals surface area contributed by atoms with E-state index < -0.39 is 23.1 Å². The van der Waals surface area contributed by atoms with Gasteiger partial charge in [0.2, 0.25) is 0 Å². The predicted octanol–water partition coefficient (Wildman–Crippen LogP) is 2.96. The van der Waals surface area contributed by atoms with E-state index in [1.807, 2.05) is 26.0 Å². The molecule has 2 atom stereocenters. The molecular formula is C21H22ClN3O3. The molecule has 2 aromatic rings. The van der Waals surface area contributed by atoms with Crippen LogP contribution in [0.1, 0.15) is 43.7 Å². The van der Waals surface area contributed by atoms with Gasteiger partial charge in [-0.3, -0.25) is 18.7 Å². The Labute approximate surface area is 167 Å². The highest BCUT2D eigenvalue weighted by Crippen LogP contribution is 2.47. The number of hydrogen-bond acceptors (Lipinski definition) is 4. The molecule has 28 heavy (non-hydrogen) atoms. The molecule has 2 heterocycles. The van der Waals surface area contributed by atoms with Crippen LogP contribution in [-0.2, 0) is 18.9 Å². The summed E-state index contributed by atoms with van der Waals surface area (Å²) < 4.78 is 2.48. The van der Waals surface area contributed by atoms with Crippen molar-refractivity contribution in [3.05, 3.63) is 61.3 Å². The molecule has 0 bridgehead atoms. The second-order valence-electron chi connectivity index (χ2n) is 8.54. The maximum Gasteiger partial charge on any atom is 0.332 e. The largest absolute Gasteiger partial charge is 0.332 e. The summed E-state index contributed by atoms with van der Waals surface area (Å²) in [5.41, 5.74) is 0.936. The normalized spacial score (nSPS) is 23.0. The van der Waals surface area contributed by atoms with E-state index in [9.17, 15) is 14.4 Å². The topological polar surface area (TPSA) is 73.4 Å². The number of rotatable bonds is 1. The van der Waals surface area contributed by atoms with Gasteiger partial charge < -0.3 is 0 Å². The molecule has 0 N–H and O–H groups in total. The molecule has 0 unspecified atom stereocenters. The minimum absolute atomic E-state index is 0.0801. The van der Waals surface area contributed by atoms with Gasteiger partial charge in [-0.1, -0.05) is 37.6 Å². The molecule has 1 saturated carbocycles. The highest BCUT2D eigenvalue weighted by atomic mass is 35.5. The number of aromatic nitrogens is 2. The van der Waals surface area contributed by atoms with E-state index in [0.29, 0.717) is 29.2 Å². The summed E-state index contributed by atoms with van der Waals surface area (Å²) in [6.45, 7) is 4.08. The molecule has 0 saturated heterocycles. The summed E-state index contributed by atoms with van der Waals surface area (Å²) in [4.78, 5) is 43.4. The van der Waals surface area contributed by atoms with Crippen molar-refractivity contribution in [3.8, 4) is 0 Å². The van der Waals surface area contributed by atoms with E-state index in [4.69, 9.17) is 11.6 Å². The third-order valence-electron chi connectivity index (χ3n) is 5.81. The van der Waals surface area contributed by atoms with E-state index in [-0.39, 0.29) is 11.2 Å². The molecule has 1 fully saturated rings. The predicted molar refractivity (Wildman–Crippen MR) is 109 cm³/mol. The smallest absolute Gasteiger partial charge is 0.299 e. The van der Waals surface area contributed by atoms with Gasteiger partial charge in [0, 0.05) is 37.2 Å². The fraction of sp³-hybridized carbons (Fsp3) is 0.429. The molecule has 6 nitrogen and oxygen atoms in total. The Balaban J connectivity index is 2.07. The fourth-order valence-electron chi connectivity index (χ4n) is 4.52. The van der Waals surface area contributed by atoms with Crippen LogP contribution >= 0.6 is 11.6 Å². The molecule has 0 spiro atoms. The van der Waals surface area contributed by atoms with Crippen LogP contribution in [0.5, 0.6) is 0 Å². The summed E-state index contributed by atoms with van der Waals surface area (Å²) in [6, 6.07) is 7.20. The number of ketones is 1. The van der Waals surface area contributed by atoms with Crippen molar-refractivity contribution in [1.82, 2.24) is 9.13 Å². The lowest BCUT2D eigenvalue weighted by Crippen LogP contribution is -2.47. The SMILES string of the molecule is Cn1c2c(c(=O)n(C)c1=O)[C@@H](c1ccc(Cl)cc1)[C@H]1C(=O)CC(C)(C)CC1=N2. The van der Waals surface area contributed by atoms with E-state index in [2.05, 4.69) is 4.99 Å². The zero-order valence-electron chi connectivity index (χ0n) is 16.3. The number of halogens is 1. The lowest BCUT2D eigenvalue weighted by atomic mass is 9.64. The Kier molecular flexibility index (Phi) is 4.23. The van der Waals surface area contributed by atoms with Gasteiger partial charge >= 0.3 is 5.69 Å². The third-order valence-corrected chi connectivity index (χ3v) is 6.06. The lowest BCUT2D eigenvalue weighted by Gasteiger charge is -2.40. The lowest BCUT2D eigenvalue weighted by molar-refractivity contribution is -0.124. The maximum atomic E-state index is 13.2. The third kappa shape index (κ3) is 2.78. The van der Waals surface area contributed by atoms with Gasteiger partial charge in [-0.05, 0) is 29.5 Å². The van der Waals surface area contributed by atoms with Gasteiger partial charge in [-0.15, -0.1) is 0 Å². The van der Waals surface area contributed by atoms with Crippen molar-refractivity contribution in [2.45, 2.75) is 32.6 Å². The minimum Gasteiger partial charge on any atom is -0.299 e. The Hall–Kier alpha value is -2.47. The highest BCUT2D eigenvalue weighted by Gasteiger charge is 2.47. The second kappa shape index (κ2) is 6.27. The summed E-state index contributed by atoms with van der Waals surface area (Å²) in [5, 5.41) is 0.582. The quantitative estimate of drug-likeness (QED) is 0.740. The summed E-state index contributed by atoms with van der Waals surface area (Å²) >= 11 is 6.05. The Morgan fingerprint density at radius 3 is 2.29 bits per heavy atom.